The molecule has 0 bridgehead atoms. The number of H-pyrrole nitrogens is 1. The summed E-state index contributed by atoms with van der Waals surface area (Å²) >= 11 is 1.40. The van der Waals surface area contributed by atoms with Crippen LogP contribution in [0.1, 0.15) is 51.4 Å². The third-order valence-corrected chi connectivity index (χ3v) is 6.72. The van der Waals surface area contributed by atoms with E-state index in [1.54, 1.807) is 0 Å². The van der Waals surface area contributed by atoms with Gasteiger partial charge in [-0.25, -0.2) is 9.97 Å². The Hall–Kier alpha value is -2.57. The number of carbonyl (C=O) groups is 3. The van der Waals surface area contributed by atoms with Gasteiger partial charge in [-0.15, -0.1) is 23.7 Å². The van der Waals surface area contributed by atoms with Gasteiger partial charge in [0.2, 0.25) is 0 Å². The molecule has 168 valence electrons. The molecule has 1 fully saturated rings. The number of primary amides is 1. The summed E-state index contributed by atoms with van der Waals surface area (Å²) in [6, 6.07) is -0.804. The summed E-state index contributed by atoms with van der Waals surface area (Å²) < 4.78 is 0. The maximum absolute atomic E-state index is 13.0. The van der Waals surface area contributed by atoms with Gasteiger partial charge in [-0.3, -0.25) is 19.5 Å². The number of aromatic amines is 1. The first kappa shape index (κ1) is 23.1. The smallest absolute Gasteiger partial charge is 0.309 e. The average molecular weight is 469 g/mol. The van der Waals surface area contributed by atoms with Crippen molar-refractivity contribution in [1.29, 1.82) is 0 Å². The second kappa shape index (κ2) is 9.71. The molecule has 13 heteroatoms. The summed E-state index contributed by atoms with van der Waals surface area (Å²) in [5.41, 5.74) is 6.07. The summed E-state index contributed by atoms with van der Waals surface area (Å²) in [6.07, 6.45) is 4.10. The third kappa shape index (κ3) is 5.20. The van der Waals surface area contributed by atoms with Crippen molar-refractivity contribution >= 4 is 41.5 Å². The van der Waals surface area contributed by atoms with E-state index in [0.29, 0.717) is 17.8 Å². The van der Waals surface area contributed by atoms with Gasteiger partial charge >= 0.3 is 11.8 Å². The zero-order chi connectivity index (χ0) is 21.3. The summed E-state index contributed by atoms with van der Waals surface area (Å²) in [7, 11) is 2.04. The van der Waals surface area contributed by atoms with Crippen LogP contribution < -0.4 is 16.4 Å². The molecule has 0 spiro atoms. The fourth-order valence-electron chi connectivity index (χ4n) is 4.05. The number of rotatable bonds is 4. The lowest BCUT2D eigenvalue weighted by molar-refractivity contribution is -0.138. The normalized spacial score (nSPS) is 23.3. The van der Waals surface area contributed by atoms with Crippen molar-refractivity contribution < 1.29 is 14.4 Å². The number of aromatic nitrogens is 4. The van der Waals surface area contributed by atoms with E-state index in [1.165, 1.54) is 17.7 Å². The second-order valence-electron chi connectivity index (χ2n) is 7.78. The molecule has 0 aromatic carbocycles. The Morgan fingerprint density at radius 2 is 2.06 bits per heavy atom. The topological polar surface area (TPSA) is 159 Å². The number of halogens is 1. The van der Waals surface area contributed by atoms with E-state index in [1.807, 2.05) is 7.05 Å². The minimum Gasteiger partial charge on any atom is -0.361 e. The van der Waals surface area contributed by atoms with Crippen LogP contribution in [0.15, 0.2) is 6.33 Å². The number of carbonyl (C=O) groups excluding carboxylic acids is 3. The van der Waals surface area contributed by atoms with E-state index in [-0.39, 0.29) is 24.2 Å². The van der Waals surface area contributed by atoms with Gasteiger partial charge in [0.05, 0.1) is 11.7 Å². The van der Waals surface area contributed by atoms with E-state index in [9.17, 15) is 14.4 Å². The van der Waals surface area contributed by atoms with E-state index < -0.39 is 23.9 Å². The predicted octanol–water partition coefficient (Wildman–Crippen LogP) is -0.293. The molecule has 0 unspecified atom stereocenters. The third-order valence-electron chi connectivity index (χ3n) is 5.64. The molecule has 2 aromatic heterocycles. The number of amides is 3. The van der Waals surface area contributed by atoms with Crippen molar-refractivity contribution in [2.24, 2.45) is 5.73 Å². The fourth-order valence-corrected chi connectivity index (χ4v) is 5.14. The van der Waals surface area contributed by atoms with Gasteiger partial charge in [0.1, 0.15) is 12.2 Å². The van der Waals surface area contributed by atoms with Gasteiger partial charge in [-0.2, -0.15) is 5.10 Å². The zero-order valence-electron chi connectivity index (χ0n) is 17.0. The van der Waals surface area contributed by atoms with E-state index in [2.05, 4.69) is 35.7 Å². The molecule has 11 nitrogen and oxygen atoms in total. The summed E-state index contributed by atoms with van der Waals surface area (Å²) in [5, 5.41) is 12.8. The minimum absolute atomic E-state index is 0. The minimum atomic E-state index is -1.05. The quantitative estimate of drug-likeness (QED) is 0.448. The van der Waals surface area contributed by atoms with Crippen LogP contribution in [0, 0.1) is 0 Å². The van der Waals surface area contributed by atoms with Crippen LogP contribution in [0.5, 0.6) is 0 Å². The summed E-state index contributed by atoms with van der Waals surface area (Å²) in [5.74, 6) is -1.39. The lowest BCUT2D eigenvalue weighted by Gasteiger charge is -2.35. The fraction of sp³-hybridized carbons (Fsp3) is 0.556. The highest BCUT2D eigenvalue weighted by Gasteiger charge is 2.35. The van der Waals surface area contributed by atoms with Crippen LogP contribution in [0.2, 0.25) is 0 Å². The first-order valence-corrected chi connectivity index (χ1v) is 10.7. The van der Waals surface area contributed by atoms with E-state index >= 15 is 0 Å². The lowest BCUT2D eigenvalue weighted by Crippen LogP contribution is -2.56. The molecule has 1 saturated carbocycles. The Morgan fingerprint density at radius 1 is 1.26 bits per heavy atom. The number of hydrogen-bond donors (Lipinski definition) is 4. The van der Waals surface area contributed by atoms with Gasteiger partial charge in [-0.1, -0.05) is 0 Å². The highest BCUT2D eigenvalue weighted by Crippen LogP contribution is 2.32. The SMILES string of the molecule is CN1CCc2nc(C(=O)N[C@@H]3C[C@@H](c4ncn[nH]4)CC[C@@H]3NC(=O)C(N)=O)sc2C1.Cl. The van der Waals surface area contributed by atoms with Crippen LogP contribution >= 0.6 is 23.7 Å². The molecular weight excluding hydrogens is 444 g/mol. The monoisotopic (exact) mass is 468 g/mol. The number of nitrogens with two attached hydrogens (primary N) is 1. The Labute approximate surface area is 189 Å². The molecule has 4 rings (SSSR count). The number of thiazole rings is 1. The van der Waals surface area contributed by atoms with Crippen molar-refractivity contribution in [2.45, 2.75) is 50.2 Å². The molecule has 2 aromatic rings. The van der Waals surface area contributed by atoms with Gasteiger partial charge in [0.15, 0.2) is 5.01 Å². The lowest BCUT2D eigenvalue weighted by atomic mass is 9.81. The van der Waals surface area contributed by atoms with Crippen LogP contribution in [0.3, 0.4) is 0 Å². The molecule has 2 aliphatic rings. The zero-order valence-corrected chi connectivity index (χ0v) is 18.6. The first-order chi connectivity index (χ1) is 14.4. The van der Waals surface area contributed by atoms with E-state index in [4.69, 9.17) is 5.73 Å². The van der Waals surface area contributed by atoms with Crippen molar-refractivity contribution in [3.8, 4) is 0 Å². The average Bonchev–Trinajstić information content (AvgIpc) is 3.38. The highest BCUT2D eigenvalue weighted by molar-refractivity contribution is 7.13. The Balaban J connectivity index is 0.00000272. The second-order valence-corrected chi connectivity index (χ2v) is 8.87. The summed E-state index contributed by atoms with van der Waals surface area (Å²) in [4.78, 5) is 48.0. The molecule has 31 heavy (non-hydrogen) atoms. The van der Waals surface area contributed by atoms with Crippen molar-refractivity contribution in [3.05, 3.63) is 27.7 Å². The molecule has 1 aliphatic heterocycles. The highest BCUT2D eigenvalue weighted by atomic mass is 35.5. The Bertz CT molecular complexity index is 950. The maximum atomic E-state index is 13.0. The molecule has 0 radical (unpaired) electrons. The molecule has 1 aliphatic carbocycles. The Kier molecular flexibility index (Phi) is 7.23. The molecule has 5 N–H and O–H groups in total. The molecule has 3 heterocycles. The Morgan fingerprint density at radius 3 is 2.77 bits per heavy atom. The van der Waals surface area contributed by atoms with Gasteiger partial charge in [0, 0.05) is 36.3 Å². The predicted molar refractivity (Wildman–Crippen MR) is 115 cm³/mol. The van der Waals surface area contributed by atoms with Gasteiger partial charge in [-0.05, 0) is 26.3 Å². The van der Waals surface area contributed by atoms with Gasteiger partial charge < -0.3 is 21.3 Å². The summed E-state index contributed by atoms with van der Waals surface area (Å²) in [6.45, 7) is 1.70. The van der Waals surface area contributed by atoms with Crippen LogP contribution in [0.25, 0.3) is 0 Å². The molecule has 0 saturated heterocycles. The van der Waals surface area contributed by atoms with Gasteiger partial charge in [0.25, 0.3) is 5.91 Å². The number of likely N-dealkylation sites (N-methyl/N-ethyl adjacent to an activating group) is 1. The number of nitrogens with zero attached hydrogens (tertiary/aromatic N) is 4. The van der Waals surface area contributed by atoms with E-state index in [0.717, 1.165) is 42.3 Å². The number of nitrogens with one attached hydrogen (secondary N) is 3. The molecular formula is C18H25ClN8O3S. The van der Waals surface area contributed by atoms with Crippen LogP contribution in [-0.2, 0) is 22.6 Å². The molecule has 3 atom stereocenters. The largest absolute Gasteiger partial charge is 0.361 e. The standard InChI is InChI=1S/C18H24N8O3S.ClH/c1-26-5-4-11-13(7-26)30-18(24-11)17(29)23-12-6-9(15-20-8-21-25-15)2-3-10(12)22-16(28)14(19)27;/h8-10,12H,2-7H2,1H3,(H2,19,27)(H,22,28)(H,23,29)(H,20,21,25);1H/t9-,10-,12+;/m0./s1. The van der Waals surface area contributed by atoms with Crippen molar-refractivity contribution in [3.63, 3.8) is 0 Å². The van der Waals surface area contributed by atoms with Crippen molar-refractivity contribution in [1.82, 2.24) is 35.7 Å². The van der Waals surface area contributed by atoms with Crippen molar-refractivity contribution in [2.75, 3.05) is 13.6 Å². The van der Waals surface area contributed by atoms with Crippen LogP contribution in [-0.4, -0.2) is 68.5 Å². The number of hydrogen-bond acceptors (Lipinski definition) is 8. The first-order valence-electron chi connectivity index (χ1n) is 9.84. The number of fused-ring (bicyclic) bond motifs is 1. The van der Waals surface area contributed by atoms with Crippen LogP contribution in [0.4, 0.5) is 0 Å². The molecule has 3 amide bonds. The maximum Gasteiger partial charge on any atom is 0.309 e.